The number of hydrogen-bond acceptors (Lipinski definition) is 4. The van der Waals surface area contributed by atoms with E-state index in [4.69, 9.17) is 10.2 Å². The molecule has 0 saturated heterocycles. The first-order chi connectivity index (χ1) is 10.5. The van der Waals surface area contributed by atoms with Gasteiger partial charge in [-0.15, -0.1) is 0 Å². The molecule has 0 aliphatic rings. The van der Waals surface area contributed by atoms with Crippen molar-refractivity contribution in [1.29, 1.82) is 0 Å². The molecule has 0 saturated carbocycles. The Morgan fingerprint density at radius 3 is 2.36 bits per heavy atom. The van der Waals surface area contributed by atoms with Gasteiger partial charge in [-0.25, -0.2) is 0 Å². The molecule has 0 radical (unpaired) electrons. The molecule has 0 spiro atoms. The van der Waals surface area contributed by atoms with Crippen LogP contribution in [0.4, 0.5) is 0 Å². The van der Waals surface area contributed by atoms with E-state index in [1.54, 1.807) is 12.1 Å². The lowest BCUT2D eigenvalue weighted by molar-refractivity contribution is 0.0918. The van der Waals surface area contributed by atoms with Gasteiger partial charge in [-0.3, -0.25) is 4.79 Å². The van der Waals surface area contributed by atoms with Crippen LogP contribution in [0.3, 0.4) is 0 Å². The van der Waals surface area contributed by atoms with Crippen LogP contribution in [-0.4, -0.2) is 18.7 Å². The lowest BCUT2D eigenvalue weighted by atomic mass is 9.99. The Hall–Kier alpha value is -1.72. The zero-order valence-corrected chi connectivity index (χ0v) is 13.9. The van der Waals surface area contributed by atoms with Gasteiger partial charge in [0.25, 0.3) is 5.91 Å². The van der Waals surface area contributed by atoms with E-state index >= 15 is 0 Å². The van der Waals surface area contributed by atoms with Crippen LogP contribution >= 0.6 is 11.8 Å². The standard InChI is InChI=1S/C17H22N2O2S/c1-11(2)12-4-6-13(7-5-12)14(18)10-19-17(20)15-8-9-16(21-15)22-3/h4-9,11,14H,10,18H2,1-3H3,(H,19,20). The Kier molecular flexibility index (Phi) is 5.69. The van der Waals surface area contributed by atoms with Crippen molar-refractivity contribution in [1.82, 2.24) is 5.32 Å². The third kappa shape index (κ3) is 4.15. The van der Waals surface area contributed by atoms with Crippen LogP contribution in [0, 0.1) is 0 Å². The van der Waals surface area contributed by atoms with Gasteiger partial charge < -0.3 is 15.5 Å². The monoisotopic (exact) mass is 318 g/mol. The molecule has 3 N–H and O–H groups in total. The van der Waals surface area contributed by atoms with Crippen molar-refractivity contribution in [2.75, 3.05) is 12.8 Å². The second-order valence-corrected chi connectivity index (χ2v) is 6.27. The third-order valence-electron chi connectivity index (χ3n) is 3.52. The largest absolute Gasteiger partial charge is 0.445 e. The number of nitrogens with one attached hydrogen (secondary N) is 1. The van der Waals surface area contributed by atoms with Crippen molar-refractivity contribution in [3.63, 3.8) is 0 Å². The minimum Gasteiger partial charge on any atom is -0.445 e. The van der Waals surface area contributed by atoms with Crippen molar-refractivity contribution >= 4 is 17.7 Å². The van der Waals surface area contributed by atoms with Crippen LogP contribution in [0.2, 0.25) is 0 Å². The SMILES string of the molecule is CSc1ccc(C(=O)NCC(N)c2ccc(C(C)C)cc2)o1. The van der Waals surface area contributed by atoms with Gasteiger partial charge in [0.2, 0.25) is 0 Å². The highest BCUT2D eigenvalue weighted by Crippen LogP contribution is 2.19. The normalized spacial score (nSPS) is 12.4. The zero-order valence-electron chi connectivity index (χ0n) is 13.1. The summed E-state index contributed by atoms with van der Waals surface area (Å²) in [6.45, 7) is 4.68. The molecule has 0 aliphatic heterocycles. The van der Waals surface area contributed by atoms with Gasteiger partial charge in [0.05, 0.1) is 0 Å². The van der Waals surface area contributed by atoms with E-state index in [0.29, 0.717) is 18.2 Å². The number of nitrogens with two attached hydrogens (primary N) is 1. The van der Waals surface area contributed by atoms with Crippen molar-refractivity contribution in [2.45, 2.75) is 30.9 Å². The molecule has 0 aliphatic carbocycles. The van der Waals surface area contributed by atoms with Crippen LogP contribution in [0.25, 0.3) is 0 Å². The van der Waals surface area contributed by atoms with Gasteiger partial charge in [-0.05, 0) is 35.4 Å². The van der Waals surface area contributed by atoms with E-state index in [-0.39, 0.29) is 11.9 Å². The fraction of sp³-hybridized carbons (Fsp3) is 0.353. The Bertz CT molecular complexity index is 620. The van der Waals surface area contributed by atoms with Crippen molar-refractivity contribution in [3.8, 4) is 0 Å². The Labute approximate surface area is 135 Å². The van der Waals surface area contributed by atoms with Crippen LogP contribution in [0.1, 0.15) is 47.5 Å². The molecular weight excluding hydrogens is 296 g/mol. The molecule has 4 nitrogen and oxygen atoms in total. The first-order valence-corrected chi connectivity index (χ1v) is 8.51. The highest BCUT2D eigenvalue weighted by atomic mass is 32.2. The number of rotatable bonds is 6. The van der Waals surface area contributed by atoms with Crippen molar-refractivity contribution in [3.05, 3.63) is 53.3 Å². The Balaban J connectivity index is 1.91. The van der Waals surface area contributed by atoms with E-state index < -0.39 is 0 Å². The summed E-state index contributed by atoms with van der Waals surface area (Å²) in [5.41, 5.74) is 8.42. The molecule has 1 heterocycles. The van der Waals surface area contributed by atoms with Crippen LogP contribution in [0.5, 0.6) is 0 Å². The summed E-state index contributed by atoms with van der Waals surface area (Å²) >= 11 is 1.46. The van der Waals surface area contributed by atoms with E-state index in [0.717, 1.165) is 10.7 Å². The number of amides is 1. The maximum atomic E-state index is 12.0. The number of carbonyl (C=O) groups excluding carboxylic acids is 1. The number of carbonyl (C=O) groups is 1. The molecule has 1 aromatic carbocycles. The van der Waals surface area contributed by atoms with E-state index in [1.807, 2.05) is 18.4 Å². The summed E-state index contributed by atoms with van der Waals surface area (Å²) in [5.74, 6) is 0.566. The van der Waals surface area contributed by atoms with Gasteiger partial charge in [0.1, 0.15) is 0 Å². The summed E-state index contributed by atoms with van der Waals surface area (Å²) in [6, 6.07) is 11.4. The lowest BCUT2D eigenvalue weighted by Gasteiger charge is -2.14. The number of benzene rings is 1. The molecular formula is C17H22N2O2S. The molecule has 1 unspecified atom stereocenters. The smallest absolute Gasteiger partial charge is 0.287 e. The lowest BCUT2D eigenvalue weighted by Crippen LogP contribution is -2.31. The Morgan fingerprint density at radius 1 is 1.18 bits per heavy atom. The molecule has 22 heavy (non-hydrogen) atoms. The topological polar surface area (TPSA) is 68.3 Å². The number of thioether (sulfide) groups is 1. The van der Waals surface area contributed by atoms with E-state index in [9.17, 15) is 4.79 Å². The molecule has 118 valence electrons. The average molecular weight is 318 g/mol. The minimum absolute atomic E-state index is 0.236. The molecule has 1 atom stereocenters. The zero-order chi connectivity index (χ0) is 16.1. The van der Waals surface area contributed by atoms with Crippen molar-refractivity contribution < 1.29 is 9.21 Å². The molecule has 1 amide bonds. The first kappa shape index (κ1) is 16.6. The third-order valence-corrected chi connectivity index (χ3v) is 4.14. The number of hydrogen-bond donors (Lipinski definition) is 2. The number of furan rings is 1. The molecule has 0 bridgehead atoms. The van der Waals surface area contributed by atoms with Gasteiger partial charge in [0, 0.05) is 12.6 Å². The predicted molar refractivity (Wildman–Crippen MR) is 90.3 cm³/mol. The molecule has 0 fully saturated rings. The van der Waals surface area contributed by atoms with Gasteiger partial charge >= 0.3 is 0 Å². The van der Waals surface area contributed by atoms with Gasteiger partial charge in [0.15, 0.2) is 10.9 Å². The maximum Gasteiger partial charge on any atom is 0.287 e. The van der Waals surface area contributed by atoms with Crippen molar-refractivity contribution in [2.24, 2.45) is 5.73 Å². The first-order valence-electron chi connectivity index (χ1n) is 7.28. The van der Waals surface area contributed by atoms with Gasteiger partial charge in [-0.1, -0.05) is 49.9 Å². The average Bonchev–Trinajstić information content (AvgIpc) is 3.01. The Morgan fingerprint density at radius 2 is 1.82 bits per heavy atom. The molecule has 2 rings (SSSR count). The summed E-state index contributed by atoms with van der Waals surface area (Å²) < 4.78 is 5.38. The summed E-state index contributed by atoms with van der Waals surface area (Å²) in [7, 11) is 0. The van der Waals surface area contributed by atoms with Crippen LogP contribution in [0.15, 0.2) is 45.9 Å². The minimum atomic E-state index is -0.241. The summed E-state index contributed by atoms with van der Waals surface area (Å²) in [6.07, 6.45) is 1.90. The van der Waals surface area contributed by atoms with E-state index in [2.05, 4.69) is 31.3 Å². The van der Waals surface area contributed by atoms with E-state index in [1.165, 1.54) is 17.3 Å². The van der Waals surface area contributed by atoms with Gasteiger partial charge in [-0.2, -0.15) is 0 Å². The van der Waals surface area contributed by atoms with Crippen LogP contribution in [-0.2, 0) is 0 Å². The van der Waals surface area contributed by atoms with Crippen LogP contribution < -0.4 is 11.1 Å². The molecule has 1 aromatic heterocycles. The molecule has 2 aromatic rings. The molecule has 5 heteroatoms. The highest BCUT2D eigenvalue weighted by molar-refractivity contribution is 7.98. The second kappa shape index (κ2) is 7.51. The summed E-state index contributed by atoms with van der Waals surface area (Å²) in [4.78, 5) is 12.0. The predicted octanol–water partition coefficient (Wildman–Crippen LogP) is 3.55. The maximum absolute atomic E-state index is 12.0. The highest BCUT2D eigenvalue weighted by Gasteiger charge is 2.13. The second-order valence-electron chi connectivity index (χ2n) is 5.46. The fourth-order valence-corrected chi connectivity index (χ4v) is 2.46. The summed E-state index contributed by atoms with van der Waals surface area (Å²) in [5, 5.41) is 3.53. The fourth-order valence-electron chi connectivity index (χ4n) is 2.09. The quantitative estimate of drug-likeness (QED) is 0.799.